The van der Waals surface area contributed by atoms with E-state index >= 15 is 0 Å². The summed E-state index contributed by atoms with van der Waals surface area (Å²) in [5.41, 5.74) is 0. The lowest BCUT2D eigenvalue weighted by Crippen LogP contribution is -2.49. The van der Waals surface area contributed by atoms with E-state index < -0.39 is 9.84 Å². The van der Waals surface area contributed by atoms with Gasteiger partial charge < -0.3 is 20.3 Å². The molecule has 1 fully saturated rings. The van der Waals surface area contributed by atoms with E-state index in [2.05, 4.69) is 20.5 Å². The Morgan fingerprint density at radius 3 is 2.50 bits per heavy atom. The Kier molecular flexibility index (Phi) is 11.9. The predicted molar refractivity (Wildman–Crippen MR) is 130 cm³/mol. The lowest BCUT2D eigenvalue weighted by atomic mass is 10.1. The van der Waals surface area contributed by atoms with Gasteiger partial charge in [-0.15, -0.1) is 24.0 Å². The summed E-state index contributed by atoms with van der Waals surface area (Å²) in [6, 6.07) is 6.27. The lowest BCUT2D eigenvalue weighted by Gasteiger charge is -2.33. The second-order valence-corrected chi connectivity index (χ2v) is 9.75. The number of likely N-dealkylation sites (tertiary alicyclic amines) is 1. The van der Waals surface area contributed by atoms with Crippen LogP contribution in [0, 0.1) is 5.82 Å². The Bertz CT molecular complexity index is 754. The molecule has 1 aromatic carbocycles. The number of nitrogens with zero attached hydrogens (tertiary/aromatic N) is 2. The third kappa shape index (κ3) is 10.8. The molecule has 0 saturated carbocycles. The highest BCUT2D eigenvalue weighted by Gasteiger charge is 2.20. The maximum Gasteiger partial charge on any atom is 0.191 e. The van der Waals surface area contributed by atoms with Gasteiger partial charge in [-0.3, -0.25) is 0 Å². The second-order valence-electron chi connectivity index (χ2n) is 7.49. The molecule has 0 bridgehead atoms. The van der Waals surface area contributed by atoms with Crippen molar-refractivity contribution in [3.8, 4) is 5.75 Å². The number of sulfone groups is 1. The summed E-state index contributed by atoms with van der Waals surface area (Å²) in [6.45, 7) is 7.51. The van der Waals surface area contributed by atoms with Crippen molar-refractivity contribution in [2.45, 2.75) is 38.8 Å². The van der Waals surface area contributed by atoms with Crippen molar-refractivity contribution in [2.24, 2.45) is 4.99 Å². The van der Waals surface area contributed by atoms with E-state index in [4.69, 9.17) is 4.74 Å². The van der Waals surface area contributed by atoms with Gasteiger partial charge >= 0.3 is 0 Å². The van der Waals surface area contributed by atoms with E-state index in [1.54, 1.807) is 12.1 Å². The molecule has 0 amide bonds. The number of rotatable bonds is 9. The zero-order chi connectivity index (χ0) is 21.3. The number of ether oxygens (including phenoxy) is 1. The summed E-state index contributed by atoms with van der Waals surface area (Å²) in [5, 5.41) is 6.72. The molecule has 1 heterocycles. The van der Waals surface area contributed by atoms with Crippen LogP contribution < -0.4 is 15.4 Å². The first-order chi connectivity index (χ1) is 13.7. The number of hydrogen-bond acceptors (Lipinski definition) is 5. The zero-order valence-electron chi connectivity index (χ0n) is 17.9. The molecular formula is C20H34FIN4O3S. The molecule has 1 aromatic rings. The third-order valence-electron chi connectivity index (χ3n) is 4.71. The van der Waals surface area contributed by atoms with E-state index in [0.29, 0.717) is 24.9 Å². The average Bonchev–Trinajstić information content (AvgIpc) is 2.67. The van der Waals surface area contributed by atoms with Crippen LogP contribution in [0.15, 0.2) is 29.3 Å². The van der Waals surface area contributed by atoms with Crippen molar-refractivity contribution in [2.75, 3.05) is 44.7 Å². The molecule has 1 atom stereocenters. The number of benzene rings is 1. The first-order valence-electron chi connectivity index (χ1n) is 10.1. The quantitative estimate of drug-likeness (QED) is 0.276. The van der Waals surface area contributed by atoms with Gasteiger partial charge in [0.2, 0.25) is 0 Å². The number of guanidine groups is 1. The number of piperidine rings is 1. The van der Waals surface area contributed by atoms with Gasteiger partial charge in [-0.05, 0) is 51.0 Å². The maximum absolute atomic E-state index is 13.0. The van der Waals surface area contributed by atoms with Crippen molar-refractivity contribution in [3.05, 3.63) is 30.1 Å². The second kappa shape index (κ2) is 13.3. The fraction of sp³-hybridized carbons (Fsp3) is 0.650. The summed E-state index contributed by atoms with van der Waals surface area (Å²) in [6.07, 6.45) is 3.01. The average molecular weight is 556 g/mol. The third-order valence-corrected chi connectivity index (χ3v) is 5.63. The van der Waals surface area contributed by atoms with Crippen LogP contribution in [0.5, 0.6) is 5.75 Å². The fourth-order valence-electron chi connectivity index (χ4n) is 3.11. The Labute approximate surface area is 196 Å². The smallest absolute Gasteiger partial charge is 0.191 e. The SMILES string of the molecule is CCNC(=NCC(C)Oc1ccc(F)cc1)NC1CCN(CCS(C)(=O)=O)CC1.I. The van der Waals surface area contributed by atoms with Crippen LogP contribution in [0.2, 0.25) is 0 Å². The van der Waals surface area contributed by atoms with E-state index in [0.717, 1.165) is 38.4 Å². The molecule has 1 saturated heterocycles. The van der Waals surface area contributed by atoms with E-state index in [1.165, 1.54) is 18.4 Å². The monoisotopic (exact) mass is 556 g/mol. The fourth-order valence-corrected chi connectivity index (χ4v) is 3.70. The standard InChI is InChI=1S/C20H33FN4O3S.HI/c1-4-22-20(23-15-16(2)28-19-7-5-17(21)6-8-19)24-18-9-11-25(12-10-18)13-14-29(3,26)27;/h5-8,16,18H,4,9-15H2,1-3H3,(H2,22,23,24);1H. The summed E-state index contributed by atoms with van der Waals surface area (Å²) in [4.78, 5) is 6.81. The number of hydrogen-bond donors (Lipinski definition) is 2. The van der Waals surface area contributed by atoms with Gasteiger partial charge in [-0.1, -0.05) is 0 Å². The molecule has 2 rings (SSSR count). The molecular weight excluding hydrogens is 522 g/mol. The topological polar surface area (TPSA) is 83.0 Å². The lowest BCUT2D eigenvalue weighted by molar-refractivity contribution is 0.215. The van der Waals surface area contributed by atoms with Gasteiger partial charge in [0, 0.05) is 38.5 Å². The maximum atomic E-state index is 13.0. The van der Waals surface area contributed by atoms with Crippen molar-refractivity contribution in [1.82, 2.24) is 15.5 Å². The molecule has 2 N–H and O–H groups in total. The predicted octanol–water partition coefficient (Wildman–Crippen LogP) is 2.28. The van der Waals surface area contributed by atoms with E-state index in [1.807, 2.05) is 13.8 Å². The normalized spacial score (nSPS) is 17.1. The summed E-state index contributed by atoms with van der Waals surface area (Å²) in [7, 11) is -2.92. The highest BCUT2D eigenvalue weighted by Crippen LogP contribution is 2.13. The number of halogens is 2. The number of nitrogens with one attached hydrogen (secondary N) is 2. The van der Waals surface area contributed by atoms with Crippen LogP contribution in [-0.4, -0.2) is 76.2 Å². The van der Waals surface area contributed by atoms with Crippen molar-refractivity contribution in [1.29, 1.82) is 0 Å². The van der Waals surface area contributed by atoms with Gasteiger partial charge in [0.05, 0.1) is 12.3 Å². The Balaban J connectivity index is 0.00000450. The van der Waals surface area contributed by atoms with Gasteiger partial charge in [0.25, 0.3) is 0 Å². The minimum absolute atomic E-state index is 0. The molecule has 172 valence electrons. The first-order valence-corrected chi connectivity index (χ1v) is 12.2. The molecule has 1 unspecified atom stereocenters. The molecule has 0 radical (unpaired) electrons. The Hall–Kier alpha value is -1.14. The van der Waals surface area contributed by atoms with Gasteiger partial charge in [-0.25, -0.2) is 17.8 Å². The first kappa shape index (κ1) is 26.9. The van der Waals surface area contributed by atoms with Crippen LogP contribution in [0.4, 0.5) is 4.39 Å². The minimum atomic E-state index is -2.92. The molecule has 10 heteroatoms. The van der Waals surface area contributed by atoms with Crippen LogP contribution in [0.25, 0.3) is 0 Å². The van der Waals surface area contributed by atoms with Crippen LogP contribution in [0.3, 0.4) is 0 Å². The van der Waals surface area contributed by atoms with Crippen molar-refractivity contribution < 1.29 is 17.5 Å². The molecule has 7 nitrogen and oxygen atoms in total. The van der Waals surface area contributed by atoms with E-state index in [9.17, 15) is 12.8 Å². The Morgan fingerprint density at radius 2 is 1.93 bits per heavy atom. The van der Waals surface area contributed by atoms with E-state index in [-0.39, 0.29) is 41.7 Å². The van der Waals surface area contributed by atoms with Gasteiger partial charge in [0.15, 0.2) is 5.96 Å². The van der Waals surface area contributed by atoms with Crippen LogP contribution >= 0.6 is 24.0 Å². The molecule has 1 aliphatic rings. The van der Waals surface area contributed by atoms with Crippen molar-refractivity contribution in [3.63, 3.8) is 0 Å². The zero-order valence-corrected chi connectivity index (χ0v) is 21.1. The molecule has 0 spiro atoms. The molecule has 1 aliphatic heterocycles. The summed E-state index contributed by atoms with van der Waals surface area (Å²) < 4.78 is 41.4. The van der Waals surface area contributed by atoms with Crippen molar-refractivity contribution >= 4 is 39.8 Å². The Morgan fingerprint density at radius 1 is 1.30 bits per heavy atom. The molecule has 0 aliphatic carbocycles. The highest BCUT2D eigenvalue weighted by molar-refractivity contribution is 14.0. The van der Waals surface area contributed by atoms with Crippen LogP contribution in [-0.2, 0) is 9.84 Å². The summed E-state index contributed by atoms with van der Waals surface area (Å²) in [5.74, 6) is 1.29. The molecule has 0 aromatic heterocycles. The van der Waals surface area contributed by atoms with Gasteiger partial charge in [-0.2, -0.15) is 0 Å². The number of aliphatic imine (C=N–C) groups is 1. The van der Waals surface area contributed by atoms with Gasteiger partial charge in [0.1, 0.15) is 27.5 Å². The highest BCUT2D eigenvalue weighted by atomic mass is 127. The minimum Gasteiger partial charge on any atom is -0.489 e. The molecule has 30 heavy (non-hydrogen) atoms. The largest absolute Gasteiger partial charge is 0.489 e. The van der Waals surface area contributed by atoms with Crippen LogP contribution in [0.1, 0.15) is 26.7 Å². The summed E-state index contributed by atoms with van der Waals surface area (Å²) >= 11 is 0.